The number of aromatic nitrogens is 3. The number of likely N-dealkylation sites (N-methyl/N-ethyl adjacent to an activating group) is 1. The van der Waals surface area contributed by atoms with Gasteiger partial charge in [-0.3, -0.25) is 0 Å². The zero-order valence-electron chi connectivity index (χ0n) is 13.4. The molecule has 1 aliphatic rings. The van der Waals surface area contributed by atoms with E-state index < -0.39 is 0 Å². The highest BCUT2D eigenvalue weighted by molar-refractivity contribution is 5.56. The van der Waals surface area contributed by atoms with Crippen LogP contribution in [0.3, 0.4) is 0 Å². The molecular weight excluding hydrogens is 264 g/mol. The first-order chi connectivity index (χ1) is 10.1. The molecule has 0 bridgehead atoms. The van der Waals surface area contributed by atoms with Crippen LogP contribution in [0.25, 0.3) is 5.65 Å². The molecule has 1 fully saturated rings. The molecule has 0 saturated carbocycles. The van der Waals surface area contributed by atoms with E-state index in [9.17, 15) is 0 Å². The van der Waals surface area contributed by atoms with Crippen LogP contribution in [0, 0.1) is 20.8 Å². The van der Waals surface area contributed by atoms with Crippen LogP contribution in [0.5, 0.6) is 0 Å². The van der Waals surface area contributed by atoms with Crippen LogP contribution in [0.2, 0.25) is 0 Å². The van der Waals surface area contributed by atoms with Gasteiger partial charge in [-0.1, -0.05) is 0 Å². The summed E-state index contributed by atoms with van der Waals surface area (Å²) in [5.41, 5.74) is 4.18. The van der Waals surface area contributed by atoms with Crippen molar-refractivity contribution in [1.82, 2.24) is 14.6 Å². The number of nitrogens with zero attached hydrogens (tertiary/aromatic N) is 4. The highest BCUT2D eigenvalue weighted by Gasteiger charge is 2.19. The van der Waals surface area contributed by atoms with Gasteiger partial charge < -0.3 is 9.64 Å². The predicted octanol–water partition coefficient (Wildman–Crippen LogP) is 2.66. The van der Waals surface area contributed by atoms with Crippen LogP contribution in [0.4, 0.5) is 5.82 Å². The molecule has 3 heterocycles. The molecule has 0 amide bonds. The van der Waals surface area contributed by atoms with E-state index in [2.05, 4.69) is 35.0 Å². The summed E-state index contributed by atoms with van der Waals surface area (Å²) in [7, 11) is 2.11. The molecule has 1 aliphatic heterocycles. The second kappa shape index (κ2) is 5.64. The van der Waals surface area contributed by atoms with E-state index in [4.69, 9.17) is 4.74 Å². The van der Waals surface area contributed by atoms with Gasteiger partial charge in [-0.25, -0.2) is 4.98 Å². The standard InChI is InChI=1S/C16H24N4O/c1-11-9-15(19(4)10-14-7-5-6-8-21-14)20-16(17-11)12(2)13(3)18-20/h9,14H,5-8,10H2,1-4H3. The Labute approximate surface area is 125 Å². The van der Waals surface area contributed by atoms with Gasteiger partial charge >= 0.3 is 0 Å². The van der Waals surface area contributed by atoms with Crippen molar-refractivity contribution in [1.29, 1.82) is 0 Å². The molecule has 1 unspecified atom stereocenters. The van der Waals surface area contributed by atoms with Gasteiger partial charge in [-0.05, 0) is 40.0 Å². The maximum atomic E-state index is 5.85. The number of hydrogen-bond donors (Lipinski definition) is 0. The van der Waals surface area contributed by atoms with Gasteiger partial charge in [0.05, 0.1) is 11.8 Å². The smallest absolute Gasteiger partial charge is 0.160 e. The SMILES string of the molecule is Cc1cc(N(C)CC2CCCCO2)n2nc(C)c(C)c2n1. The Morgan fingerprint density at radius 1 is 1.33 bits per heavy atom. The van der Waals surface area contributed by atoms with Crippen molar-refractivity contribution in [2.75, 3.05) is 25.1 Å². The average Bonchev–Trinajstić information content (AvgIpc) is 2.75. The van der Waals surface area contributed by atoms with Gasteiger partial charge in [0.25, 0.3) is 0 Å². The fourth-order valence-corrected chi connectivity index (χ4v) is 2.95. The maximum absolute atomic E-state index is 5.85. The minimum atomic E-state index is 0.324. The summed E-state index contributed by atoms with van der Waals surface area (Å²) in [5, 5.41) is 4.64. The number of ether oxygens (including phenoxy) is 1. The summed E-state index contributed by atoms with van der Waals surface area (Å²) in [6.45, 7) is 7.95. The third-order valence-electron chi connectivity index (χ3n) is 4.31. The summed E-state index contributed by atoms with van der Waals surface area (Å²) >= 11 is 0. The fourth-order valence-electron chi connectivity index (χ4n) is 2.95. The molecule has 21 heavy (non-hydrogen) atoms. The number of anilines is 1. The van der Waals surface area contributed by atoms with Crippen molar-refractivity contribution in [3.8, 4) is 0 Å². The number of aryl methyl sites for hydroxylation is 3. The van der Waals surface area contributed by atoms with Gasteiger partial charge in [-0.15, -0.1) is 0 Å². The predicted molar refractivity (Wildman–Crippen MR) is 84.1 cm³/mol. The maximum Gasteiger partial charge on any atom is 0.160 e. The van der Waals surface area contributed by atoms with E-state index in [1.54, 1.807) is 0 Å². The Kier molecular flexibility index (Phi) is 3.85. The third-order valence-corrected chi connectivity index (χ3v) is 4.31. The van der Waals surface area contributed by atoms with Gasteiger partial charge in [0.1, 0.15) is 5.82 Å². The molecule has 0 N–H and O–H groups in total. The Bertz CT molecular complexity index is 643. The van der Waals surface area contributed by atoms with Crippen LogP contribution in [-0.4, -0.2) is 40.9 Å². The summed E-state index contributed by atoms with van der Waals surface area (Å²) in [5.74, 6) is 1.09. The topological polar surface area (TPSA) is 42.7 Å². The quantitative estimate of drug-likeness (QED) is 0.871. The summed E-state index contributed by atoms with van der Waals surface area (Å²) in [6, 6.07) is 2.10. The molecule has 0 aromatic carbocycles. The highest BCUT2D eigenvalue weighted by Crippen LogP contribution is 2.22. The van der Waals surface area contributed by atoms with Crippen molar-refractivity contribution >= 4 is 11.5 Å². The molecular formula is C16H24N4O. The molecule has 0 aliphatic carbocycles. The molecule has 1 saturated heterocycles. The summed E-state index contributed by atoms with van der Waals surface area (Å²) in [6.07, 6.45) is 3.93. The number of fused-ring (bicyclic) bond motifs is 1. The second-order valence-corrected chi connectivity index (χ2v) is 6.07. The van der Waals surface area contributed by atoms with Gasteiger partial charge in [0.2, 0.25) is 0 Å². The molecule has 2 aromatic heterocycles. The van der Waals surface area contributed by atoms with E-state index >= 15 is 0 Å². The van der Waals surface area contributed by atoms with Gasteiger partial charge in [0, 0.05) is 37.5 Å². The third kappa shape index (κ3) is 2.75. The van der Waals surface area contributed by atoms with E-state index in [-0.39, 0.29) is 0 Å². The van der Waals surface area contributed by atoms with Crippen molar-refractivity contribution < 1.29 is 4.74 Å². The molecule has 1 atom stereocenters. The second-order valence-electron chi connectivity index (χ2n) is 6.07. The lowest BCUT2D eigenvalue weighted by Crippen LogP contribution is -2.34. The first kappa shape index (κ1) is 14.3. The number of rotatable bonds is 3. The van der Waals surface area contributed by atoms with Crippen LogP contribution in [-0.2, 0) is 4.74 Å². The van der Waals surface area contributed by atoms with E-state index in [0.29, 0.717) is 6.10 Å². The van der Waals surface area contributed by atoms with Crippen LogP contribution in [0.15, 0.2) is 6.07 Å². The average molecular weight is 288 g/mol. The lowest BCUT2D eigenvalue weighted by Gasteiger charge is -2.28. The van der Waals surface area contributed by atoms with E-state index in [1.165, 1.54) is 12.8 Å². The van der Waals surface area contributed by atoms with E-state index in [0.717, 1.165) is 48.0 Å². The normalized spacial score (nSPS) is 19.1. The Morgan fingerprint density at radius 3 is 2.86 bits per heavy atom. The summed E-state index contributed by atoms with van der Waals surface area (Å²) in [4.78, 5) is 6.87. The van der Waals surface area contributed by atoms with Crippen molar-refractivity contribution in [2.24, 2.45) is 0 Å². The Hall–Kier alpha value is -1.62. The van der Waals surface area contributed by atoms with Crippen molar-refractivity contribution in [2.45, 2.75) is 46.1 Å². The number of hydrogen-bond acceptors (Lipinski definition) is 4. The Balaban J connectivity index is 1.93. The van der Waals surface area contributed by atoms with Crippen LogP contribution < -0.4 is 4.90 Å². The Morgan fingerprint density at radius 2 is 2.14 bits per heavy atom. The minimum absolute atomic E-state index is 0.324. The van der Waals surface area contributed by atoms with E-state index in [1.807, 2.05) is 18.4 Å². The molecule has 5 heteroatoms. The molecule has 5 nitrogen and oxygen atoms in total. The lowest BCUT2D eigenvalue weighted by molar-refractivity contribution is 0.0215. The van der Waals surface area contributed by atoms with Crippen LogP contribution >= 0.6 is 0 Å². The molecule has 114 valence electrons. The monoisotopic (exact) mass is 288 g/mol. The minimum Gasteiger partial charge on any atom is -0.376 e. The van der Waals surface area contributed by atoms with Crippen molar-refractivity contribution in [3.05, 3.63) is 23.0 Å². The van der Waals surface area contributed by atoms with Gasteiger partial charge in [-0.2, -0.15) is 9.61 Å². The molecule has 2 aromatic rings. The lowest BCUT2D eigenvalue weighted by atomic mass is 10.1. The first-order valence-electron chi connectivity index (χ1n) is 7.72. The van der Waals surface area contributed by atoms with Gasteiger partial charge in [0.15, 0.2) is 5.65 Å². The zero-order chi connectivity index (χ0) is 15.0. The molecule has 0 spiro atoms. The van der Waals surface area contributed by atoms with Crippen molar-refractivity contribution in [3.63, 3.8) is 0 Å². The first-order valence-corrected chi connectivity index (χ1v) is 7.72. The van der Waals surface area contributed by atoms with Crippen LogP contribution in [0.1, 0.15) is 36.2 Å². The largest absolute Gasteiger partial charge is 0.376 e. The highest BCUT2D eigenvalue weighted by atomic mass is 16.5. The molecule has 3 rings (SSSR count). The summed E-state index contributed by atoms with van der Waals surface area (Å²) < 4.78 is 7.81. The fraction of sp³-hybridized carbons (Fsp3) is 0.625. The molecule has 0 radical (unpaired) electrons. The zero-order valence-corrected chi connectivity index (χ0v) is 13.4.